The van der Waals surface area contributed by atoms with Crippen molar-refractivity contribution in [3.05, 3.63) is 44.1 Å². The first kappa shape index (κ1) is 17.4. The van der Waals surface area contributed by atoms with Crippen molar-refractivity contribution in [2.24, 2.45) is 0 Å². The minimum absolute atomic E-state index is 0.0804. The van der Waals surface area contributed by atoms with E-state index in [9.17, 15) is 9.59 Å². The summed E-state index contributed by atoms with van der Waals surface area (Å²) < 4.78 is 21.3. The third-order valence-electron chi connectivity index (χ3n) is 3.41. The fourth-order valence-electron chi connectivity index (χ4n) is 2.24. The van der Waals surface area contributed by atoms with Crippen LogP contribution in [0.5, 0.6) is 5.75 Å². The Balaban J connectivity index is 1.86. The van der Waals surface area contributed by atoms with Crippen LogP contribution in [0.3, 0.4) is 0 Å². The number of methoxy groups -OCH3 is 1. The van der Waals surface area contributed by atoms with Gasteiger partial charge in [-0.05, 0) is 18.2 Å². The summed E-state index contributed by atoms with van der Waals surface area (Å²) in [6.07, 6.45) is 0. The highest BCUT2D eigenvalue weighted by molar-refractivity contribution is 6.36. The maximum absolute atomic E-state index is 11.8. The predicted octanol–water partition coefficient (Wildman–Crippen LogP) is 1.68. The van der Waals surface area contributed by atoms with E-state index in [-0.39, 0.29) is 22.1 Å². The minimum atomic E-state index is -0.780. The Bertz CT molecular complexity index is 967. The lowest BCUT2D eigenvalue weighted by molar-refractivity contribution is 0.0544. The molecule has 0 spiro atoms. The third kappa shape index (κ3) is 3.81. The highest BCUT2D eigenvalue weighted by Crippen LogP contribution is 2.35. The van der Waals surface area contributed by atoms with Crippen LogP contribution in [0.2, 0.25) is 5.02 Å². The zero-order valence-corrected chi connectivity index (χ0v) is 14.1. The lowest BCUT2D eigenvalue weighted by Crippen LogP contribution is -2.24. The van der Waals surface area contributed by atoms with Gasteiger partial charge in [-0.2, -0.15) is 4.98 Å². The maximum Gasteiger partial charge on any atom is 0.351 e. The summed E-state index contributed by atoms with van der Waals surface area (Å²) in [6.45, 7) is 1.66. The molecule has 2 heterocycles. The molecule has 1 N–H and O–H groups in total. The van der Waals surface area contributed by atoms with Crippen molar-refractivity contribution in [1.82, 2.24) is 9.97 Å². The number of hydrogen-bond donors (Lipinski definition) is 1. The molecule has 0 aromatic heterocycles. The Kier molecular flexibility index (Phi) is 5.32. The maximum atomic E-state index is 11.8. The molecule has 25 heavy (non-hydrogen) atoms. The number of nitrogens with one attached hydrogen (secondary N) is 1. The van der Waals surface area contributed by atoms with Crippen molar-refractivity contribution in [3.63, 3.8) is 0 Å². The van der Waals surface area contributed by atoms with Crippen molar-refractivity contribution in [3.8, 4) is 17.2 Å². The van der Waals surface area contributed by atoms with Gasteiger partial charge < -0.3 is 18.6 Å². The number of aromatic amines is 1. The van der Waals surface area contributed by atoms with E-state index >= 15 is 0 Å². The topological polar surface area (TPSA) is 104 Å². The second kappa shape index (κ2) is 7.64. The van der Waals surface area contributed by atoms with E-state index < -0.39 is 11.2 Å². The van der Waals surface area contributed by atoms with E-state index in [1.165, 1.54) is 0 Å². The van der Waals surface area contributed by atoms with Crippen LogP contribution >= 0.6 is 11.6 Å². The molecule has 3 rings (SSSR count). The van der Waals surface area contributed by atoms with Gasteiger partial charge >= 0.3 is 5.69 Å². The zero-order valence-electron chi connectivity index (χ0n) is 13.3. The minimum Gasteiger partial charge on any atom is -0.489 e. The Labute approximate surface area is 146 Å². The first-order valence-electron chi connectivity index (χ1n) is 7.46. The van der Waals surface area contributed by atoms with Crippen LogP contribution in [-0.2, 0) is 9.47 Å². The predicted molar refractivity (Wildman–Crippen MR) is 90.7 cm³/mol. The van der Waals surface area contributed by atoms with Crippen LogP contribution in [0, 0.1) is 0 Å². The van der Waals surface area contributed by atoms with Crippen LogP contribution in [0.1, 0.15) is 0 Å². The number of aromatic nitrogens is 2. The fraction of sp³-hybridized carbons (Fsp3) is 0.312. The number of H-pyrrole nitrogens is 1. The lowest BCUT2D eigenvalue weighted by Gasteiger charge is -2.11. The summed E-state index contributed by atoms with van der Waals surface area (Å²) in [5.41, 5.74) is -0.893. The Morgan fingerprint density at radius 2 is 2.00 bits per heavy atom. The molecular weight excluding hydrogens is 352 g/mol. The van der Waals surface area contributed by atoms with Crippen LogP contribution in [0.4, 0.5) is 0 Å². The SMILES string of the molecule is COCCOCCOc1ccc2cc3c(=O)[nH]c(=O)nc-3oc2c1Cl. The average Bonchev–Trinajstić information content (AvgIpc) is 2.59. The van der Waals surface area contributed by atoms with E-state index in [1.54, 1.807) is 25.3 Å². The van der Waals surface area contributed by atoms with Crippen molar-refractivity contribution in [1.29, 1.82) is 0 Å². The van der Waals surface area contributed by atoms with E-state index in [2.05, 4.69) is 9.97 Å². The number of benzene rings is 1. The smallest absolute Gasteiger partial charge is 0.351 e. The average molecular weight is 367 g/mol. The van der Waals surface area contributed by atoms with Gasteiger partial charge in [-0.25, -0.2) is 4.79 Å². The number of fused-ring (bicyclic) bond motifs is 2. The zero-order chi connectivity index (χ0) is 17.8. The molecule has 0 radical (unpaired) electrons. The first-order chi connectivity index (χ1) is 12.1. The van der Waals surface area contributed by atoms with E-state index in [4.69, 9.17) is 30.2 Å². The van der Waals surface area contributed by atoms with Crippen molar-refractivity contribution >= 4 is 22.6 Å². The molecule has 0 fully saturated rings. The highest BCUT2D eigenvalue weighted by Gasteiger charge is 2.17. The summed E-state index contributed by atoms with van der Waals surface area (Å²) in [5, 5.41) is 0.818. The molecule has 0 amide bonds. The fourth-order valence-corrected chi connectivity index (χ4v) is 2.50. The van der Waals surface area contributed by atoms with Gasteiger partial charge in [0.25, 0.3) is 5.56 Å². The number of halogens is 1. The van der Waals surface area contributed by atoms with Crippen LogP contribution in [-0.4, -0.2) is 43.5 Å². The molecule has 1 aromatic rings. The Morgan fingerprint density at radius 3 is 2.80 bits per heavy atom. The van der Waals surface area contributed by atoms with Gasteiger partial charge in [0, 0.05) is 12.5 Å². The van der Waals surface area contributed by atoms with E-state index in [1.807, 2.05) is 0 Å². The molecule has 0 bridgehead atoms. The monoisotopic (exact) mass is 366 g/mol. The molecule has 0 aliphatic carbocycles. The van der Waals surface area contributed by atoms with Crippen LogP contribution in [0.25, 0.3) is 22.4 Å². The Hall–Kier alpha value is -2.42. The van der Waals surface area contributed by atoms with E-state index in [0.29, 0.717) is 37.6 Å². The van der Waals surface area contributed by atoms with Gasteiger partial charge in [0.2, 0.25) is 5.89 Å². The molecule has 2 aliphatic heterocycles. The largest absolute Gasteiger partial charge is 0.489 e. The Morgan fingerprint density at radius 1 is 1.20 bits per heavy atom. The number of rotatable bonds is 7. The molecule has 8 nitrogen and oxygen atoms in total. The van der Waals surface area contributed by atoms with Gasteiger partial charge in [0.05, 0.1) is 19.8 Å². The number of ether oxygens (including phenoxy) is 3. The van der Waals surface area contributed by atoms with Gasteiger partial charge in [0.15, 0.2) is 5.58 Å². The summed E-state index contributed by atoms with van der Waals surface area (Å²) >= 11 is 6.31. The highest BCUT2D eigenvalue weighted by atomic mass is 35.5. The van der Waals surface area contributed by atoms with Crippen LogP contribution < -0.4 is 16.0 Å². The molecular formula is C16H15ClN2O6. The van der Waals surface area contributed by atoms with Crippen molar-refractivity contribution < 1.29 is 18.6 Å². The van der Waals surface area contributed by atoms with Gasteiger partial charge in [-0.15, -0.1) is 0 Å². The summed E-state index contributed by atoms with van der Waals surface area (Å²) in [5.74, 6) is 0.322. The first-order valence-corrected chi connectivity index (χ1v) is 7.84. The number of nitrogens with zero attached hydrogens (tertiary/aromatic N) is 1. The lowest BCUT2D eigenvalue weighted by atomic mass is 10.1. The van der Waals surface area contributed by atoms with Gasteiger partial charge in [0.1, 0.15) is 22.9 Å². The molecule has 132 valence electrons. The molecule has 1 aromatic carbocycles. The van der Waals surface area contributed by atoms with Gasteiger partial charge in [-0.3, -0.25) is 9.78 Å². The quantitative estimate of drug-likeness (QED) is 0.501. The van der Waals surface area contributed by atoms with Crippen molar-refractivity contribution in [2.45, 2.75) is 0 Å². The number of hydrogen-bond acceptors (Lipinski definition) is 7. The summed E-state index contributed by atoms with van der Waals surface area (Å²) in [4.78, 5) is 28.9. The standard InChI is InChI=1S/C16H15ClN2O6/c1-22-4-5-23-6-7-24-11-3-2-9-8-10-14(20)18-16(21)19-15(10)25-13(9)12(11)17/h2-3,8H,4-7H2,1H3,(H,18,20,21). The summed E-state index contributed by atoms with van der Waals surface area (Å²) in [7, 11) is 1.60. The molecule has 0 saturated carbocycles. The molecule has 0 saturated heterocycles. The van der Waals surface area contributed by atoms with E-state index in [0.717, 1.165) is 0 Å². The normalized spacial score (nSPS) is 11.3. The van der Waals surface area contributed by atoms with Gasteiger partial charge in [-0.1, -0.05) is 11.6 Å². The molecule has 0 atom stereocenters. The van der Waals surface area contributed by atoms with Crippen LogP contribution in [0.15, 0.2) is 32.2 Å². The van der Waals surface area contributed by atoms with Crippen molar-refractivity contribution in [2.75, 3.05) is 33.5 Å². The molecule has 2 aliphatic rings. The second-order valence-corrected chi connectivity index (χ2v) is 5.46. The molecule has 0 unspecified atom stereocenters. The summed E-state index contributed by atoms with van der Waals surface area (Å²) in [6, 6.07) is 4.93. The molecule has 9 heteroatoms. The second-order valence-electron chi connectivity index (χ2n) is 5.09. The third-order valence-corrected chi connectivity index (χ3v) is 3.76.